The normalized spacial score (nSPS) is 31.8. The molecule has 5 heteroatoms. The van der Waals surface area contributed by atoms with Crippen molar-refractivity contribution in [2.24, 2.45) is 17.3 Å². The van der Waals surface area contributed by atoms with Gasteiger partial charge in [0.15, 0.2) is 0 Å². The van der Waals surface area contributed by atoms with Crippen molar-refractivity contribution in [2.45, 2.75) is 57.2 Å². The van der Waals surface area contributed by atoms with E-state index in [0.717, 1.165) is 36.1 Å². The molecule has 2 aromatic rings. The van der Waals surface area contributed by atoms with Gasteiger partial charge in [0, 0.05) is 38.0 Å². The van der Waals surface area contributed by atoms with Crippen LogP contribution in [0.5, 0.6) is 0 Å². The predicted molar refractivity (Wildman–Crippen MR) is 151 cm³/mol. The summed E-state index contributed by atoms with van der Waals surface area (Å²) in [6.45, 7) is 2.45. The van der Waals surface area contributed by atoms with E-state index < -0.39 is 11.0 Å². The summed E-state index contributed by atoms with van der Waals surface area (Å²) in [6.07, 6.45) is 5.99. The molecule has 202 valence electrons. The summed E-state index contributed by atoms with van der Waals surface area (Å²) in [6, 6.07) is 15.0. The van der Waals surface area contributed by atoms with Crippen LogP contribution in [-0.2, 0) is 9.53 Å². The first-order chi connectivity index (χ1) is 18.7. The van der Waals surface area contributed by atoms with Crippen LogP contribution >= 0.6 is 0 Å². The highest BCUT2D eigenvalue weighted by Gasteiger charge is 2.61. The molecule has 0 aromatic heterocycles. The Morgan fingerprint density at radius 3 is 2.62 bits per heavy atom. The average Bonchev–Trinajstić information content (AvgIpc) is 3.10. The largest absolute Gasteiger partial charge is 0.378 e. The van der Waals surface area contributed by atoms with Gasteiger partial charge in [-0.2, -0.15) is 0 Å². The lowest BCUT2D eigenvalue weighted by molar-refractivity contribution is -0.118. The summed E-state index contributed by atoms with van der Waals surface area (Å²) in [5.74, 6) is 6.34. The number of carbonyl (C=O) groups excluding carboxylic acids is 1. The molecule has 3 fully saturated rings. The minimum Gasteiger partial charge on any atom is -0.378 e. The van der Waals surface area contributed by atoms with Gasteiger partial charge in [-0.25, -0.2) is 4.39 Å². The molecule has 1 N–H and O–H groups in total. The van der Waals surface area contributed by atoms with Crippen molar-refractivity contribution in [2.75, 3.05) is 25.6 Å². The number of fused-ring (bicyclic) bond motifs is 4. The number of ether oxygens (including phenoxy) is 1. The SMILES string of the molecule is CN(C)c1ccc([C@H]2OC[C@@]3(C)C(CC[C@@]3(O)C#Cc3ccccc3F)C3CC=C4CC(=O)CCC4=C32)cc1. The number of nitrogens with zero attached hydrogens (tertiary/aromatic N) is 1. The van der Waals surface area contributed by atoms with Crippen molar-refractivity contribution in [3.8, 4) is 11.8 Å². The molecule has 6 rings (SSSR count). The quantitative estimate of drug-likeness (QED) is 0.478. The van der Waals surface area contributed by atoms with Gasteiger partial charge in [0.25, 0.3) is 0 Å². The van der Waals surface area contributed by atoms with Gasteiger partial charge in [0.05, 0.1) is 12.2 Å². The van der Waals surface area contributed by atoms with Crippen LogP contribution in [0.2, 0.25) is 0 Å². The first kappa shape index (κ1) is 26.0. The van der Waals surface area contributed by atoms with Crippen molar-refractivity contribution < 1.29 is 19.0 Å². The third-order valence-corrected chi connectivity index (χ3v) is 9.68. The molecule has 1 heterocycles. The Bertz CT molecular complexity index is 1430. The molecule has 3 aliphatic carbocycles. The summed E-state index contributed by atoms with van der Waals surface area (Å²) in [5.41, 5.74) is 4.31. The minimum atomic E-state index is -1.30. The van der Waals surface area contributed by atoms with Gasteiger partial charge in [-0.15, -0.1) is 0 Å². The third-order valence-electron chi connectivity index (χ3n) is 9.68. The molecular weight excluding hydrogens is 489 g/mol. The summed E-state index contributed by atoms with van der Waals surface area (Å²) < 4.78 is 21.2. The van der Waals surface area contributed by atoms with Crippen molar-refractivity contribution in [1.29, 1.82) is 0 Å². The van der Waals surface area contributed by atoms with Crippen molar-refractivity contribution in [3.63, 3.8) is 0 Å². The van der Waals surface area contributed by atoms with Crippen LogP contribution in [0.3, 0.4) is 0 Å². The van der Waals surface area contributed by atoms with Gasteiger partial charge in [-0.05, 0) is 84.1 Å². The second-order valence-electron chi connectivity index (χ2n) is 12.1. The zero-order valence-electron chi connectivity index (χ0n) is 23.0. The smallest absolute Gasteiger partial charge is 0.138 e. The van der Waals surface area contributed by atoms with Gasteiger partial charge in [0.1, 0.15) is 23.3 Å². The molecule has 5 atom stereocenters. The Hall–Kier alpha value is -3.20. The molecule has 0 spiro atoms. The predicted octanol–water partition coefficient (Wildman–Crippen LogP) is 6.16. The molecule has 1 aliphatic heterocycles. The average molecular weight is 526 g/mol. The highest BCUT2D eigenvalue weighted by Crippen LogP contribution is 2.61. The van der Waals surface area contributed by atoms with Gasteiger partial charge < -0.3 is 14.7 Å². The van der Waals surface area contributed by atoms with E-state index in [1.807, 2.05) is 14.1 Å². The standard InChI is InChI=1S/C34H36FNO3/c1-33-21-39-32(23-8-11-25(12-9-23)36(2)3)31-27-15-13-26(37)20-24(27)10-14-28(31)29(33)17-19-34(33,38)18-16-22-6-4-5-7-30(22)35/h4-12,28-29,32,38H,13-15,17,19-21H2,1-3H3/t28?,29?,32-,33+,34+/m1/s1. The highest BCUT2D eigenvalue weighted by molar-refractivity contribution is 5.84. The van der Waals surface area contributed by atoms with Gasteiger partial charge in [0.2, 0.25) is 0 Å². The zero-order chi connectivity index (χ0) is 27.4. The molecular formula is C34H36FNO3. The second-order valence-corrected chi connectivity index (χ2v) is 12.1. The van der Waals surface area contributed by atoms with E-state index in [4.69, 9.17) is 4.74 Å². The van der Waals surface area contributed by atoms with E-state index in [0.29, 0.717) is 37.2 Å². The lowest BCUT2D eigenvalue weighted by Crippen LogP contribution is -2.48. The van der Waals surface area contributed by atoms with Crippen LogP contribution in [0.15, 0.2) is 71.3 Å². The lowest BCUT2D eigenvalue weighted by Gasteiger charge is -2.42. The fourth-order valence-corrected chi connectivity index (χ4v) is 7.37. The van der Waals surface area contributed by atoms with E-state index in [2.05, 4.69) is 54.0 Å². The Morgan fingerprint density at radius 1 is 1.10 bits per heavy atom. The first-order valence-electron chi connectivity index (χ1n) is 14.0. The number of carbonyl (C=O) groups is 1. The maximum atomic E-state index is 14.4. The van der Waals surface area contributed by atoms with Crippen molar-refractivity contribution in [3.05, 3.63) is 88.3 Å². The van der Waals surface area contributed by atoms with E-state index in [-0.39, 0.29) is 23.8 Å². The molecule has 2 unspecified atom stereocenters. The van der Waals surface area contributed by atoms with Crippen LogP contribution in [0, 0.1) is 34.9 Å². The first-order valence-corrected chi connectivity index (χ1v) is 14.0. The number of halogens is 1. The maximum Gasteiger partial charge on any atom is 0.138 e. The summed E-state index contributed by atoms with van der Waals surface area (Å²) >= 11 is 0. The summed E-state index contributed by atoms with van der Waals surface area (Å²) in [4.78, 5) is 14.4. The molecule has 0 radical (unpaired) electrons. The molecule has 2 saturated carbocycles. The topological polar surface area (TPSA) is 49.8 Å². The van der Waals surface area contributed by atoms with Crippen molar-refractivity contribution >= 4 is 11.5 Å². The number of rotatable bonds is 2. The van der Waals surface area contributed by atoms with Crippen LogP contribution in [0.4, 0.5) is 10.1 Å². The number of aliphatic hydroxyl groups is 1. The highest BCUT2D eigenvalue weighted by atomic mass is 19.1. The number of hydrogen-bond donors (Lipinski definition) is 1. The number of ketones is 1. The van der Waals surface area contributed by atoms with E-state index in [1.165, 1.54) is 17.2 Å². The fraction of sp³-hybridized carbons (Fsp3) is 0.441. The van der Waals surface area contributed by atoms with Crippen LogP contribution < -0.4 is 4.90 Å². The van der Waals surface area contributed by atoms with Gasteiger partial charge in [-0.3, -0.25) is 4.79 Å². The van der Waals surface area contributed by atoms with Gasteiger partial charge >= 0.3 is 0 Å². The Labute approximate surface area is 230 Å². The summed E-state index contributed by atoms with van der Waals surface area (Å²) in [7, 11) is 4.06. The van der Waals surface area contributed by atoms with Crippen LogP contribution in [0.25, 0.3) is 0 Å². The molecule has 0 amide bonds. The number of Topliss-reactive ketones (excluding diaryl/α,β-unsaturated/α-hetero) is 1. The van der Waals surface area contributed by atoms with Crippen LogP contribution in [0.1, 0.15) is 62.7 Å². The molecule has 4 nitrogen and oxygen atoms in total. The Morgan fingerprint density at radius 2 is 1.87 bits per heavy atom. The van der Waals surface area contributed by atoms with Gasteiger partial charge in [-0.1, -0.05) is 49.1 Å². The van der Waals surface area contributed by atoms with E-state index in [9.17, 15) is 14.3 Å². The molecule has 4 aliphatic rings. The Balaban J connectivity index is 1.44. The fourth-order valence-electron chi connectivity index (χ4n) is 7.37. The molecule has 2 aromatic carbocycles. The molecule has 1 saturated heterocycles. The Kier molecular flexibility index (Phi) is 6.52. The third kappa shape index (κ3) is 4.35. The number of anilines is 1. The van der Waals surface area contributed by atoms with Crippen LogP contribution in [-0.4, -0.2) is 37.2 Å². The molecule has 39 heavy (non-hydrogen) atoms. The monoisotopic (exact) mass is 525 g/mol. The van der Waals surface area contributed by atoms with E-state index >= 15 is 0 Å². The number of benzene rings is 2. The zero-order valence-corrected chi connectivity index (χ0v) is 23.0. The second kappa shape index (κ2) is 9.77. The molecule has 0 bridgehead atoms. The summed E-state index contributed by atoms with van der Waals surface area (Å²) in [5, 5.41) is 12.1. The van der Waals surface area contributed by atoms with E-state index in [1.54, 1.807) is 18.2 Å². The number of hydrogen-bond acceptors (Lipinski definition) is 4. The van der Waals surface area contributed by atoms with Crippen molar-refractivity contribution in [1.82, 2.24) is 0 Å². The number of allylic oxidation sites excluding steroid dienone is 3. The lowest BCUT2D eigenvalue weighted by atomic mass is 9.62. The maximum absolute atomic E-state index is 14.4. The minimum absolute atomic E-state index is 0.154.